The van der Waals surface area contributed by atoms with Gasteiger partial charge < -0.3 is 5.32 Å². The van der Waals surface area contributed by atoms with Gasteiger partial charge in [0.05, 0.1) is 0 Å². The van der Waals surface area contributed by atoms with Crippen LogP contribution in [0.25, 0.3) is 0 Å². The van der Waals surface area contributed by atoms with Crippen molar-refractivity contribution in [2.75, 3.05) is 13.1 Å². The van der Waals surface area contributed by atoms with Crippen LogP contribution in [0, 0.1) is 22.7 Å². The monoisotopic (exact) mass is 267 g/mol. The molecule has 0 aromatic carbocycles. The Bertz CT molecular complexity index is 243. The van der Waals surface area contributed by atoms with Gasteiger partial charge in [0.25, 0.3) is 0 Å². The summed E-state index contributed by atoms with van der Waals surface area (Å²) in [7, 11) is 0. The van der Waals surface area contributed by atoms with E-state index >= 15 is 0 Å². The molecule has 19 heavy (non-hydrogen) atoms. The van der Waals surface area contributed by atoms with Crippen LogP contribution in [0.5, 0.6) is 0 Å². The first-order valence-corrected chi connectivity index (χ1v) is 8.56. The normalized spacial score (nSPS) is 30.3. The molecule has 0 amide bonds. The summed E-state index contributed by atoms with van der Waals surface area (Å²) < 4.78 is 0. The summed E-state index contributed by atoms with van der Waals surface area (Å²) in [4.78, 5) is 0. The Morgan fingerprint density at radius 3 is 2.16 bits per heavy atom. The van der Waals surface area contributed by atoms with Gasteiger partial charge in [0.1, 0.15) is 0 Å². The van der Waals surface area contributed by atoms with E-state index in [0.29, 0.717) is 10.8 Å². The molecule has 1 N–H and O–H groups in total. The van der Waals surface area contributed by atoms with Gasteiger partial charge in [-0.2, -0.15) is 0 Å². The van der Waals surface area contributed by atoms with Crippen molar-refractivity contribution in [3.63, 3.8) is 0 Å². The molecule has 1 heteroatoms. The van der Waals surface area contributed by atoms with Crippen LogP contribution in [0.2, 0.25) is 0 Å². The van der Waals surface area contributed by atoms with Crippen molar-refractivity contribution in [1.29, 1.82) is 0 Å². The second-order valence-corrected chi connectivity index (χ2v) is 7.97. The summed E-state index contributed by atoms with van der Waals surface area (Å²) in [5.74, 6) is 1.80. The van der Waals surface area contributed by atoms with Crippen LogP contribution in [0.15, 0.2) is 0 Å². The average Bonchev–Trinajstić information content (AvgIpc) is 2.36. The van der Waals surface area contributed by atoms with Crippen LogP contribution >= 0.6 is 0 Å². The first-order chi connectivity index (χ1) is 8.85. The highest BCUT2D eigenvalue weighted by atomic mass is 14.9. The molecule has 0 saturated heterocycles. The van der Waals surface area contributed by atoms with Crippen LogP contribution < -0.4 is 5.32 Å². The zero-order valence-electron chi connectivity index (χ0n) is 14.3. The van der Waals surface area contributed by atoms with E-state index in [9.17, 15) is 0 Å². The Hall–Kier alpha value is -0.0400. The molecule has 1 saturated carbocycles. The molecule has 1 unspecified atom stereocenters. The Morgan fingerprint density at radius 1 is 1.16 bits per heavy atom. The summed E-state index contributed by atoms with van der Waals surface area (Å²) in [6.07, 6.45) is 8.46. The van der Waals surface area contributed by atoms with Gasteiger partial charge in [-0.05, 0) is 54.9 Å². The molecule has 1 aliphatic carbocycles. The van der Waals surface area contributed by atoms with E-state index < -0.39 is 0 Å². The van der Waals surface area contributed by atoms with Gasteiger partial charge >= 0.3 is 0 Å². The van der Waals surface area contributed by atoms with Crippen molar-refractivity contribution in [2.45, 2.75) is 80.1 Å². The van der Waals surface area contributed by atoms with Gasteiger partial charge in [-0.25, -0.2) is 0 Å². The van der Waals surface area contributed by atoms with Crippen LogP contribution in [-0.2, 0) is 0 Å². The summed E-state index contributed by atoms with van der Waals surface area (Å²) in [5, 5.41) is 3.65. The fourth-order valence-corrected chi connectivity index (χ4v) is 4.02. The van der Waals surface area contributed by atoms with Gasteiger partial charge in [-0.3, -0.25) is 0 Å². The first kappa shape index (κ1) is 17.0. The summed E-state index contributed by atoms with van der Waals surface area (Å²) in [6.45, 7) is 16.7. The van der Waals surface area contributed by atoms with Crippen molar-refractivity contribution in [3.05, 3.63) is 0 Å². The summed E-state index contributed by atoms with van der Waals surface area (Å²) in [6, 6.07) is 0. The molecule has 1 aliphatic rings. The van der Waals surface area contributed by atoms with Crippen molar-refractivity contribution >= 4 is 0 Å². The van der Waals surface area contributed by atoms with E-state index in [1.807, 2.05) is 0 Å². The second-order valence-electron chi connectivity index (χ2n) is 7.97. The summed E-state index contributed by atoms with van der Waals surface area (Å²) >= 11 is 0. The lowest BCUT2D eigenvalue weighted by Crippen LogP contribution is -2.43. The largest absolute Gasteiger partial charge is 0.316 e. The van der Waals surface area contributed by atoms with Crippen LogP contribution in [0.4, 0.5) is 0 Å². The van der Waals surface area contributed by atoms with Crippen LogP contribution in [0.1, 0.15) is 80.1 Å². The van der Waals surface area contributed by atoms with E-state index in [-0.39, 0.29) is 0 Å². The maximum absolute atomic E-state index is 3.65. The van der Waals surface area contributed by atoms with Gasteiger partial charge in [-0.1, -0.05) is 54.4 Å². The van der Waals surface area contributed by atoms with Gasteiger partial charge in [0.2, 0.25) is 0 Å². The zero-order chi connectivity index (χ0) is 14.5. The predicted octanol–water partition coefficient (Wildman–Crippen LogP) is 5.25. The standard InChI is InChI=1S/C18H37N/c1-7-9-15(3)18(14-19-8-2)12-10-16(11-13-18)17(4,5)6/h15-16,19H,7-14H2,1-6H3. The maximum Gasteiger partial charge on any atom is 0.00102 e. The van der Waals surface area contributed by atoms with Crippen molar-refractivity contribution in [3.8, 4) is 0 Å². The SMILES string of the molecule is CCCC(C)C1(CNCC)CCC(C(C)(C)C)CC1. The fourth-order valence-electron chi connectivity index (χ4n) is 4.02. The highest BCUT2D eigenvalue weighted by Crippen LogP contribution is 2.49. The Labute approximate surface area is 121 Å². The van der Waals surface area contributed by atoms with Gasteiger partial charge in [0.15, 0.2) is 0 Å². The molecule has 0 heterocycles. The lowest BCUT2D eigenvalue weighted by molar-refractivity contribution is 0.0418. The molecule has 1 fully saturated rings. The minimum absolute atomic E-state index is 0.498. The third-order valence-corrected chi connectivity index (χ3v) is 5.70. The third kappa shape index (κ3) is 4.48. The maximum atomic E-state index is 3.65. The van der Waals surface area contributed by atoms with Gasteiger partial charge in [-0.15, -0.1) is 0 Å². The smallest absolute Gasteiger partial charge is 0.00102 e. The zero-order valence-corrected chi connectivity index (χ0v) is 14.3. The molecular formula is C18H37N. The molecule has 0 spiro atoms. The van der Waals surface area contributed by atoms with E-state index in [1.54, 1.807) is 0 Å². The molecule has 0 bridgehead atoms. The molecule has 0 radical (unpaired) electrons. The molecule has 0 aliphatic heterocycles. The first-order valence-electron chi connectivity index (χ1n) is 8.56. The van der Waals surface area contributed by atoms with E-state index in [0.717, 1.165) is 18.4 Å². The topological polar surface area (TPSA) is 12.0 Å². The molecule has 0 aromatic rings. The highest BCUT2D eigenvalue weighted by Gasteiger charge is 2.41. The summed E-state index contributed by atoms with van der Waals surface area (Å²) in [5.41, 5.74) is 1.08. The highest BCUT2D eigenvalue weighted by molar-refractivity contribution is 4.93. The Balaban J connectivity index is 2.68. The van der Waals surface area contributed by atoms with Crippen molar-refractivity contribution < 1.29 is 0 Å². The van der Waals surface area contributed by atoms with E-state index in [4.69, 9.17) is 0 Å². The van der Waals surface area contributed by atoms with E-state index in [1.165, 1.54) is 45.1 Å². The van der Waals surface area contributed by atoms with E-state index in [2.05, 4.69) is 46.9 Å². The third-order valence-electron chi connectivity index (χ3n) is 5.70. The minimum atomic E-state index is 0.498. The Kier molecular flexibility index (Phi) is 6.36. The lowest BCUT2D eigenvalue weighted by Gasteiger charge is -2.47. The number of rotatable bonds is 6. The quantitative estimate of drug-likeness (QED) is 0.692. The predicted molar refractivity (Wildman–Crippen MR) is 86.5 cm³/mol. The second kappa shape index (κ2) is 7.11. The van der Waals surface area contributed by atoms with Crippen molar-refractivity contribution in [2.24, 2.45) is 22.7 Å². The number of hydrogen-bond donors (Lipinski definition) is 1. The molecular weight excluding hydrogens is 230 g/mol. The Morgan fingerprint density at radius 2 is 1.74 bits per heavy atom. The van der Waals surface area contributed by atoms with Crippen LogP contribution in [-0.4, -0.2) is 13.1 Å². The molecule has 0 aromatic heterocycles. The minimum Gasteiger partial charge on any atom is -0.316 e. The van der Waals surface area contributed by atoms with Crippen molar-refractivity contribution in [1.82, 2.24) is 5.32 Å². The number of nitrogens with one attached hydrogen (secondary N) is 1. The van der Waals surface area contributed by atoms with Crippen LogP contribution in [0.3, 0.4) is 0 Å². The molecule has 1 atom stereocenters. The molecule has 1 nitrogen and oxygen atoms in total. The number of hydrogen-bond acceptors (Lipinski definition) is 1. The lowest BCUT2D eigenvalue weighted by atomic mass is 9.59. The van der Waals surface area contributed by atoms with Gasteiger partial charge in [0, 0.05) is 6.54 Å². The average molecular weight is 268 g/mol. The molecule has 1 rings (SSSR count). The fraction of sp³-hybridized carbons (Fsp3) is 1.00. The molecule has 114 valence electrons.